The summed E-state index contributed by atoms with van der Waals surface area (Å²) in [5, 5.41) is 3.13. The van der Waals surface area contributed by atoms with E-state index < -0.39 is 0 Å². The number of carbonyl (C=O) groups excluding carboxylic acids is 1. The number of hydrogen-bond acceptors (Lipinski definition) is 3. The molecule has 0 atom stereocenters. The van der Waals surface area contributed by atoms with Crippen LogP contribution in [0.5, 0.6) is 5.75 Å². The Morgan fingerprint density at radius 1 is 1.47 bits per heavy atom. The van der Waals surface area contributed by atoms with Crippen molar-refractivity contribution in [3.8, 4) is 5.75 Å². The summed E-state index contributed by atoms with van der Waals surface area (Å²) in [6.45, 7) is 4.83. The monoisotopic (exact) mass is 281 g/mol. The Balaban J connectivity index is 2.01. The maximum atomic E-state index is 11.2. The van der Waals surface area contributed by atoms with Crippen LogP contribution in [0.15, 0.2) is 30.9 Å². The zero-order valence-corrected chi connectivity index (χ0v) is 11.3. The molecule has 0 bridgehead atoms. The number of benzene rings is 1. The molecule has 0 saturated carbocycles. The lowest BCUT2D eigenvalue weighted by Gasteiger charge is -2.23. The van der Waals surface area contributed by atoms with Crippen molar-refractivity contribution in [3.63, 3.8) is 0 Å². The largest absolute Gasteiger partial charge is 0.489 e. The summed E-state index contributed by atoms with van der Waals surface area (Å²) in [6.07, 6.45) is 3.08. The van der Waals surface area contributed by atoms with E-state index in [1.165, 1.54) is 6.08 Å². The number of anilines is 1. The van der Waals surface area contributed by atoms with Crippen LogP contribution in [0.4, 0.5) is 5.69 Å². The zero-order chi connectivity index (χ0) is 13.7. The first-order valence-electron chi connectivity index (χ1n) is 6.16. The van der Waals surface area contributed by atoms with Crippen molar-refractivity contribution in [2.24, 2.45) is 0 Å². The minimum Gasteiger partial charge on any atom is -0.489 e. The normalized spacial score (nSPS) is 15.8. The van der Waals surface area contributed by atoms with Crippen LogP contribution >= 0.6 is 11.6 Å². The van der Waals surface area contributed by atoms with E-state index in [-0.39, 0.29) is 12.0 Å². The molecule has 1 aromatic carbocycles. The van der Waals surface area contributed by atoms with Gasteiger partial charge in [0.25, 0.3) is 0 Å². The Labute approximate surface area is 117 Å². The van der Waals surface area contributed by atoms with Crippen molar-refractivity contribution in [1.29, 1.82) is 0 Å². The Morgan fingerprint density at radius 3 is 2.84 bits per heavy atom. The fourth-order valence-corrected chi connectivity index (χ4v) is 2.07. The number of rotatable bonds is 4. The molecule has 19 heavy (non-hydrogen) atoms. The zero-order valence-electron chi connectivity index (χ0n) is 10.5. The molecular formula is C14H16ClNO3. The molecule has 1 aromatic rings. The van der Waals surface area contributed by atoms with E-state index in [2.05, 4.69) is 11.9 Å². The van der Waals surface area contributed by atoms with Gasteiger partial charge in [-0.15, -0.1) is 0 Å². The smallest absolute Gasteiger partial charge is 0.247 e. The minimum atomic E-state index is -0.269. The number of carbonyl (C=O) groups is 1. The molecule has 0 unspecified atom stereocenters. The van der Waals surface area contributed by atoms with E-state index in [0.717, 1.165) is 26.1 Å². The predicted molar refractivity (Wildman–Crippen MR) is 74.7 cm³/mol. The Hall–Kier alpha value is -1.52. The summed E-state index contributed by atoms with van der Waals surface area (Å²) in [4.78, 5) is 11.2. The average Bonchev–Trinajstić information content (AvgIpc) is 2.43. The molecule has 0 spiro atoms. The van der Waals surface area contributed by atoms with Gasteiger partial charge in [-0.2, -0.15) is 0 Å². The lowest BCUT2D eigenvalue weighted by atomic mass is 10.1. The quantitative estimate of drug-likeness (QED) is 0.863. The summed E-state index contributed by atoms with van der Waals surface area (Å²) in [7, 11) is 0. The summed E-state index contributed by atoms with van der Waals surface area (Å²) in [5.74, 6) is 0.360. The van der Waals surface area contributed by atoms with Gasteiger partial charge in [-0.1, -0.05) is 18.2 Å². The van der Waals surface area contributed by atoms with Crippen molar-refractivity contribution in [2.45, 2.75) is 18.9 Å². The van der Waals surface area contributed by atoms with Crippen molar-refractivity contribution < 1.29 is 14.3 Å². The second-order valence-corrected chi connectivity index (χ2v) is 4.68. The number of halogens is 1. The van der Waals surface area contributed by atoms with E-state index in [1.54, 1.807) is 18.2 Å². The van der Waals surface area contributed by atoms with Crippen LogP contribution in [-0.2, 0) is 9.53 Å². The SMILES string of the molecule is C=CC(=O)Nc1ccc(OC2CCOCC2)c(Cl)c1. The fraction of sp³-hybridized carbons (Fsp3) is 0.357. The molecule has 1 fully saturated rings. The third kappa shape index (κ3) is 3.98. The lowest BCUT2D eigenvalue weighted by molar-refractivity contribution is -0.111. The number of ether oxygens (including phenoxy) is 2. The van der Waals surface area contributed by atoms with E-state index in [9.17, 15) is 4.79 Å². The van der Waals surface area contributed by atoms with Gasteiger partial charge in [-0.25, -0.2) is 0 Å². The average molecular weight is 282 g/mol. The topological polar surface area (TPSA) is 47.6 Å². The lowest BCUT2D eigenvalue weighted by Crippen LogP contribution is -2.25. The van der Waals surface area contributed by atoms with Crippen LogP contribution in [0.2, 0.25) is 5.02 Å². The Bertz CT molecular complexity index is 470. The second kappa shape index (κ2) is 6.59. The maximum Gasteiger partial charge on any atom is 0.247 e. The molecule has 0 aliphatic carbocycles. The summed E-state index contributed by atoms with van der Waals surface area (Å²) < 4.78 is 11.1. The van der Waals surface area contributed by atoms with Gasteiger partial charge in [0.1, 0.15) is 11.9 Å². The van der Waals surface area contributed by atoms with Crippen LogP contribution in [0.25, 0.3) is 0 Å². The number of amides is 1. The van der Waals surface area contributed by atoms with Crippen molar-refractivity contribution in [1.82, 2.24) is 0 Å². The van der Waals surface area contributed by atoms with Crippen molar-refractivity contribution in [3.05, 3.63) is 35.9 Å². The van der Waals surface area contributed by atoms with Crippen molar-refractivity contribution >= 4 is 23.2 Å². The van der Waals surface area contributed by atoms with Gasteiger partial charge >= 0.3 is 0 Å². The minimum absolute atomic E-state index is 0.139. The van der Waals surface area contributed by atoms with E-state index in [1.807, 2.05) is 0 Å². The molecule has 1 aliphatic rings. The maximum absolute atomic E-state index is 11.2. The highest BCUT2D eigenvalue weighted by molar-refractivity contribution is 6.32. The predicted octanol–water partition coefficient (Wildman–Crippen LogP) is 3.02. The van der Waals surface area contributed by atoms with Gasteiger partial charge in [0.05, 0.1) is 18.2 Å². The van der Waals surface area contributed by atoms with Crippen LogP contribution in [-0.4, -0.2) is 25.2 Å². The molecule has 0 radical (unpaired) electrons. The second-order valence-electron chi connectivity index (χ2n) is 4.27. The highest BCUT2D eigenvalue weighted by Gasteiger charge is 2.16. The molecule has 1 heterocycles. The fourth-order valence-electron chi connectivity index (χ4n) is 1.84. The van der Waals surface area contributed by atoms with Crippen LogP contribution < -0.4 is 10.1 Å². The molecular weight excluding hydrogens is 266 g/mol. The Kier molecular flexibility index (Phi) is 4.82. The molecule has 1 N–H and O–H groups in total. The van der Waals surface area contributed by atoms with Crippen LogP contribution in [0.1, 0.15) is 12.8 Å². The van der Waals surface area contributed by atoms with E-state index in [4.69, 9.17) is 21.1 Å². The third-order valence-electron chi connectivity index (χ3n) is 2.85. The van der Waals surface area contributed by atoms with Gasteiger partial charge in [-0.3, -0.25) is 4.79 Å². The highest BCUT2D eigenvalue weighted by atomic mass is 35.5. The summed E-state index contributed by atoms with van der Waals surface area (Å²) in [5.41, 5.74) is 0.620. The first kappa shape index (κ1) is 13.9. The molecule has 0 aromatic heterocycles. The molecule has 4 nitrogen and oxygen atoms in total. The number of nitrogens with one attached hydrogen (secondary N) is 1. The standard InChI is InChI=1S/C14H16ClNO3/c1-2-14(17)16-10-3-4-13(12(15)9-10)19-11-5-7-18-8-6-11/h2-4,9,11H,1,5-8H2,(H,16,17). The summed E-state index contributed by atoms with van der Waals surface area (Å²) >= 11 is 6.14. The van der Waals surface area contributed by atoms with Crippen LogP contribution in [0.3, 0.4) is 0 Å². The number of hydrogen-bond donors (Lipinski definition) is 1. The third-order valence-corrected chi connectivity index (χ3v) is 3.14. The van der Waals surface area contributed by atoms with Gasteiger partial charge < -0.3 is 14.8 Å². The van der Waals surface area contributed by atoms with E-state index >= 15 is 0 Å². The molecule has 1 amide bonds. The van der Waals surface area contributed by atoms with Gasteiger partial charge in [-0.05, 0) is 24.3 Å². The first-order valence-corrected chi connectivity index (χ1v) is 6.54. The van der Waals surface area contributed by atoms with Crippen molar-refractivity contribution in [2.75, 3.05) is 18.5 Å². The molecule has 2 rings (SSSR count). The van der Waals surface area contributed by atoms with E-state index in [0.29, 0.717) is 16.5 Å². The summed E-state index contributed by atoms with van der Waals surface area (Å²) in [6, 6.07) is 5.18. The molecule has 5 heteroatoms. The highest BCUT2D eigenvalue weighted by Crippen LogP contribution is 2.29. The first-order chi connectivity index (χ1) is 9.19. The molecule has 1 aliphatic heterocycles. The molecule has 1 saturated heterocycles. The molecule has 102 valence electrons. The Morgan fingerprint density at radius 2 is 2.21 bits per heavy atom. The van der Waals surface area contributed by atoms with Crippen LogP contribution in [0, 0.1) is 0 Å². The van der Waals surface area contributed by atoms with Gasteiger partial charge in [0.15, 0.2) is 0 Å². The van der Waals surface area contributed by atoms with Gasteiger partial charge in [0, 0.05) is 18.5 Å². The van der Waals surface area contributed by atoms with Gasteiger partial charge in [0.2, 0.25) is 5.91 Å².